The Morgan fingerprint density at radius 3 is 2.93 bits per heavy atom. The van der Waals surface area contributed by atoms with Gasteiger partial charge in [0.2, 0.25) is 0 Å². The van der Waals surface area contributed by atoms with Crippen LogP contribution < -0.4 is 0 Å². The van der Waals surface area contributed by atoms with Crippen LogP contribution in [0.2, 0.25) is 0 Å². The number of fused-ring (bicyclic) bond motifs is 1. The van der Waals surface area contributed by atoms with E-state index < -0.39 is 0 Å². The maximum atomic E-state index is 4.40. The molecular formula is C11H8N2S2. The zero-order valence-electron chi connectivity index (χ0n) is 8.10. The molecule has 0 spiro atoms. The lowest BCUT2D eigenvalue weighted by molar-refractivity contribution is 1.36. The van der Waals surface area contributed by atoms with Gasteiger partial charge < -0.3 is 0 Å². The lowest BCUT2D eigenvalue weighted by Crippen LogP contribution is -1.77. The molecular weight excluding hydrogens is 224 g/mol. The second-order valence-corrected chi connectivity index (χ2v) is 5.49. The van der Waals surface area contributed by atoms with Crippen LogP contribution in [0.15, 0.2) is 29.9 Å². The van der Waals surface area contributed by atoms with E-state index in [9.17, 15) is 0 Å². The van der Waals surface area contributed by atoms with Crippen molar-refractivity contribution in [2.45, 2.75) is 6.92 Å². The van der Waals surface area contributed by atoms with Gasteiger partial charge in [-0.2, -0.15) is 0 Å². The van der Waals surface area contributed by atoms with Crippen molar-refractivity contribution in [3.63, 3.8) is 0 Å². The first-order chi connectivity index (χ1) is 7.33. The molecule has 74 valence electrons. The van der Waals surface area contributed by atoms with Crippen LogP contribution in [0.4, 0.5) is 0 Å². The van der Waals surface area contributed by atoms with E-state index in [0.717, 1.165) is 16.1 Å². The van der Waals surface area contributed by atoms with E-state index in [0.29, 0.717) is 0 Å². The predicted molar refractivity (Wildman–Crippen MR) is 65.5 cm³/mol. The summed E-state index contributed by atoms with van der Waals surface area (Å²) in [6, 6.07) is 4.20. The Kier molecular flexibility index (Phi) is 2.04. The molecule has 0 unspecified atom stereocenters. The quantitative estimate of drug-likeness (QED) is 0.639. The molecule has 0 aliphatic rings. The van der Waals surface area contributed by atoms with Gasteiger partial charge in [0.1, 0.15) is 5.01 Å². The zero-order chi connectivity index (χ0) is 10.3. The molecule has 0 atom stereocenters. The minimum Gasteiger partial charge on any atom is -0.255 e. The fourth-order valence-electron chi connectivity index (χ4n) is 1.45. The minimum absolute atomic E-state index is 1.05. The molecule has 3 aromatic heterocycles. The number of aromatic nitrogens is 2. The van der Waals surface area contributed by atoms with Crippen LogP contribution in [0.5, 0.6) is 0 Å². The highest BCUT2D eigenvalue weighted by Gasteiger charge is 2.04. The summed E-state index contributed by atoms with van der Waals surface area (Å²) in [4.78, 5) is 10.00. The molecule has 0 saturated carbocycles. The Bertz CT molecular complexity index is 610. The molecule has 2 nitrogen and oxygen atoms in total. The van der Waals surface area contributed by atoms with Crippen LogP contribution in [0, 0.1) is 6.92 Å². The molecule has 3 rings (SSSR count). The number of thiazole rings is 1. The molecule has 0 bridgehead atoms. The standard InChI is InChI=1S/C11H8N2S2/c1-7-5-13-11(15-7)8-4-10-9(12-6-8)2-3-14-10/h2-6H,1H3. The first-order valence-corrected chi connectivity index (χ1v) is 6.28. The molecule has 0 aliphatic heterocycles. The molecule has 0 aromatic carbocycles. The van der Waals surface area contributed by atoms with Crippen LogP contribution >= 0.6 is 22.7 Å². The number of pyridine rings is 1. The van der Waals surface area contributed by atoms with Crippen molar-refractivity contribution in [1.29, 1.82) is 0 Å². The van der Waals surface area contributed by atoms with Gasteiger partial charge in [-0.3, -0.25) is 4.98 Å². The van der Waals surface area contributed by atoms with Crippen molar-refractivity contribution in [2.24, 2.45) is 0 Å². The molecule has 0 saturated heterocycles. The fraction of sp³-hybridized carbons (Fsp3) is 0.0909. The summed E-state index contributed by atoms with van der Waals surface area (Å²) >= 11 is 3.42. The molecule has 0 fully saturated rings. The third-order valence-corrected chi connectivity index (χ3v) is 3.99. The molecule has 0 radical (unpaired) electrons. The average Bonchev–Trinajstić information content (AvgIpc) is 2.84. The van der Waals surface area contributed by atoms with Gasteiger partial charge in [0, 0.05) is 22.8 Å². The summed E-state index contributed by atoms with van der Waals surface area (Å²) in [5.41, 5.74) is 2.18. The zero-order valence-corrected chi connectivity index (χ0v) is 9.73. The van der Waals surface area contributed by atoms with Crippen LogP contribution in [-0.4, -0.2) is 9.97 Å². The highest BCUT2D eigenvalue weighted by Crippen LogP contribution is 2.28. The fourth-order valence-corrected chi connectivity index (χ4v) is 2.98. The lowest BCUT2D eigenvalue weighted by Gasteiger charge is -1.95. The Labute approximate surface area is 95.3 Å². The first-order valence-electron chi connectivity index (χ1n) is 4.59. The first kappa shape index (κ1) is 9.00. The Hall–Kier alpha value is -1.26. The largest absolute Gasteiger partial charge is 0.255 e. The third-order valence-electron chi connectivity index (χ3n) is 2.17. The summed E-state index contributed by atoms with van der Waals surface area (Å²) in [6.45, 7) is 2.07. The molecule has 4 heteroatoms. The van der Waals surface area contributed by atoms with Gasteiger partial charge in [0.05, 0.1) is 10.2 Å². The number of rotatable bonds is 1. The van der Waals surface area contributed by atoms with Crippen LogP contribution in [0.3, 0.4) is 0 Å². The van der Waals surface area contributed by atoms with E-state index in [4.69, 9.17) is 0 Å². The lowest BCUT2D eigenvalue weighted by atomic mass is 10.3. The van der Waals surface area contributed by atoms with Crippen molar-refractivity contribution in [2.75, 3.05) is 0 Å². The predicted octanol–water partition coefficient (Wildman–Crippen LogP) is 3.73. The third kappa shape index (κ3) is 1.56. The van der Waals surface area contributed by atoms with Gasteiger partial charge in [-0.1, -0.05) is 0 Å². The number of hydrogen-bond acceptors (Lipinski definition) is 4. The van der Waals surface area contributed by atoms with Crippen LogP contribution in [0.1, 0.15) is 4.88 Å². The van der Waals surface area contributed by atoms with Crippen molar-refractivity contribution in [3.8, 4) is 10.6 Å². The van der Waals surface area contributed by atoms with Crippen molar-refractivity contribution >= 4 is 32.9 Å². The van der Waals surface area contributed by atoms with Gasteiger partial charge in [-0.25, -0.2) is 4.98 Å². The normalized spacial score (nSPS) is 11.0. The Morgan fingerprint density at radius 1 is 1.20 bits per heavy atom. The van der Waals surface area contributed by atoms with Crippen LogP contribution in [0.25, 0.3) is 20.8 Å². The second-order valence-electron chi connectivity index (χ2n) is 3.30. The highest BCUT2D eigenvalue weighted by molar-refractivity contribution is 7.17. The number of nitrogens with zero attached hydrogens (tertiary/aromatic N) is 2. The van der Waals surface area contributed by atoms with Crippen LogP contribution in [-0.2, 0) is 0 Å². The van der Waals surface area contributed by atoms with Crippen molar-refractivity contribution in [1.82, 2.24) is 9.97 Å². The van der Waals surface area contributed by atoms with E-state index in [1.54, 1.807) is 22.7 Å². The SMILES string of the molecule is Cc1cnc(-c2cnc3ccsc3c2)s1. The molecule has 3 heterocycles. The average molecular weight is 232 g/mol. The molecule has 0 amide bonds. The van der Waals surface area contributed by atoms with E-state index >= 15 is 0 Å². The molecule has 3 aromatic rings. The second kappa shape index (κ2) is 3.40. The smallest absolute Gasteiger partial charge is 0.125 e. The molecule has 0 aliphatic carbocycles. The summed E-state index contributed by atoms with van der Waals surface area (Å²) < 4.78 is 1.22. The summed E-state index contributed by atoms with van der Waals surface area (Å²) in [7, 11) is 0. The minimum atomic E-state index is 1.05. The summed E-state index contributed by atoms with van der Waals surface area (Å²) in [5, 5.41) is 3.12. The van der Waals surface area contributed by atoms with Crippen molar-refractivity contribution in [3.05, 3.63) is 34.8 Å². The Balaban J connectivity index is 2.18. The Morgan fingerprint density at radius 2 is 2.13 bits per heavy atom. The summed E-state index contributed by atoms with van der Waals surface area (Å²) in [6.07, 6.45) is 3.80. The van der Waals surface area contributed by atoms with E-state index in [1.165, 1.54) is 9.58 Å². The number of hydrogen-bond donors (Lipinski definition) is 0. The number of thiophene rings is 1. The van der Waals surface area contributed by atoms with Crippen molar-refractivity contribution < 1.29 is 0 Å². The topological polar surface area (TPSA) is 25.8 Å². The van der Waals surface area contributed by atoms with E-state index in [1.807, 2.05) is 18.5 Å². The van der Waals surface area contributed by atoms with E-state index in [-0.39, 0.29) is 0 Å². The van der Waals surface area contributed by atoms with Gasteiger partial charge in [-0.15, -0.1) is 22.7 Å². The molecule has 0 N–H and O–H groups in total. The highest BCUT2D eigenvalue weighted by atomic mass is 32.1. The molecule has 15 heavy (non-hydrogen) atoms. The maximum absolute atomic E-state index is 4.40. The van der Waals surface area contributed by atoms with Gasteiger partial charge >= 0.3 is 0 Å². The van der Waals surface area contributed by atoms with Gasteiger partial charge in [-0.05, 0) is 24.4 Å². The van der Waals surface area contributed by atoms with Gasteiger partial charge in [0.15, 0.2) is 0 Å². The number of aryl methyl sites for hydroxylation is 1. The van der Waals surface area contributed by atoms with E-state index in [2.05, 4.69) is 28.3 Å². The maximum Gasteiger partial charge on any atom is 0.125 e. The monoisotopic (exact) mass is 232 g/mol. The summed E-state index contributed by atoms with van der Waals surface area (Å²) in [5.74, 6) is 0. The van der Waals surface area contributed by atoms with Gasteiger partial charge in [0.25, 0.3) is 0 Å².